The fraction of sp³-hybridized carbons (Fsp3) is 0.400. The largest absolute Gasteiger partial charge is 0.312 e. The van der Waals surface area contributed by atoms with E-state index in [0.29, 0.717) is 5.92 Å². The van der Waals surface area contributed by atoms with Gasteiger partial charge in [-0.1, -0.05) is 25.4 Å². The summed E-state index contributed by atoms with van der Waals surface area (Å²) in [6, 6.07) is 7.73. The van der Waals surface area contributed by atoms with Crippen LogP contribution in [0.15, 0.2) is 30.5 Å². The van der Waals surface area contributed by atoms with Gasteiger partial charge in [0.1, 0.15) is 0 Å². The van der Waals surface area contributed by atoms with E-state index >= 15 is 0 Å². The summed E-state index contributed by atoms with van der Waals surface area (Å²) < 4.78 is 1.95. The average molecular weight is 278 g/mol. The van der Waals surface area contributed by atoms with Crippen LogP contribution in [0.3, 0.4) is 0 Å². The van der Waals surface area contributed by atoms with Gasteiger partial charge in [0.15, 0.2) is 0 Å². The third-order valence-corrected chi connectivity index (χ3v) is 3.30. The van der Waals surface area contributed by atoms with Crippen molar-refractivity contribution < 1.29 is 0 Å². The molecule has 0 aliphatic heterocycles. The third-order valence-electron chi connectivity index (χ3n) is 3.05. The predicted molar refractivity (Wildman–Crippen MR) is 79.9 cm³/mol. The van der Waals surface area contributed by atoms with Crippen molar-refractivity contribution in [2.24, 2.45) is 5.92 Å². The van der Waals surface area contributed by atoms with Crippen LogP contribution in [0.4, 0.5) is 0 Å². The number of nitrogens with zero attached hydrogens (tertiary/aromatic N) is 2. The number of rotatable bonds is 5. The van der Waals surface area contributed by atoms with Crippen LogP contribution < -0.4 is 5.32 Å². The monoisotopic (exact) mass is 277 g/mol. The zero-order valence-corrected chi connectivity index (χ0v) is 12.4. The topological polar surface area (TPSA) is 29.9 Å². The SMILES string of the molecule is Cc1c(CNCC(C)C)cnn1-c1ccc(Cl)cc1. The Labute approximate surface area is 119 Å². The van der Waals surface area contributed by atoms with Gasteiger partial charge in [-0.25, -0.2) is 4.68 Å². The molecule has 0 unspecified atom stereocenters. The molecule has 0 atom stereocenters. The quantitative estimate of drug-likeness (QED) is 0.905. The molecule has 1 aromatic carbocycles. The Balaban J connectivity index is 2.11. The molecular formula is C15H20ClN3. The van der Waals surface area contributed by atoms with Crippen molar-refractivity contribution in [3.8, 4) is 5.69 Å². The minimum Gasteiger partial charge on any atom is -0.312 e. The van der Waals surface area contributed by atoms with Crippen LogP contribution in [0.1, 0.15) is 25.1 Å². The van der Waals surface area contributed by atoms with Crippen LogP contribution in [0.2, 0.25) is 5.02 Å². The Kier molecular flexibility index (Phi) is 4.61. The molecule has 102 valence electrons. The van der Waals surface area contributed by atoms with Gasteiger partial charge < -0.3 is 5.32 Å². The molecule has 1 N–H and O–H groups in total. The van der Waals surface area contributed by atoms with Gasteiger partial charge in [0, 0.05) is 22.8 Å². The standard InChI is InChI=1S/C15H20ClN3/c1-11(2)8-17-9-13-10-18-19(12(13)3)15-6-4-14(16)5-7-15/h4-7,10-11,17H,8-9H2,1-3H3. The van der Waals surface area contributed by atoms with Gasteiger partial charge in [0.05, 0.1) is 11.9 Å². The average Bonchev–Trinajstić information content (AvgIpc) is 2.72. The van der Waals surface area contributed by atoms with Crippen LogP contribution in [-0.4, -0.2) is 16.3 Å². The van der Waals surface area contributed by atoms with E-state index in [-0.39, 0.29) is 0 Å². The summed E-state index contributed by atoms with van der Waals surface area (Å²) >= 11 is 5.90. The number of halogens is 1. The van der Waals surface area contributed by atoms with Crippen molar-refractivity contribution in [2.45, 2.75) is 27.3 Å². The molecule has 19 heavy (non-hydrogen) atoms. The van der Waals surface area contributed by atoms with Crippen LogP contribution >= 0.6 is 11.6 Å². The molecule has 0 aliphatic rings. The van der Waals surface area contributed by atoms with Crippen molar-refractivity contribution in [1.82, 2.24) is 15.1 Å². The molecule has 2 rings (SSSR count). The van der Waals surface area contributed by atoms with Crippen LogP contribution in [0, 0.1) is 12.8 Å². The Morgan fingerprint density at radius 3 is 2.58 bits per heavy atom. The molecule has 0 saturated heterocycles. The minimum atomic E-state index is 0.659. The van der Waals surface area contributed by atoms with E-state index in [0.717, 1.165) is 23.8 Å². The van der Waals surface area contributed by atoms with E-state index in [2.05, 4.69) is 31.2 Å². The van der Waals surface area contributed by atoms with Crippen molar-refractivity contribution >= 4 is 11.6 Å². The van der Waals surface area contributed by atoms with Crippen molar-refractivity contribution in [3.63, 3.8) is 0 Å². The Hall–Kier alpha value is -1.32. The Bertz CT molecular complexity index is 529. The Morgan fingerprint density at radius 1 is 1.26 bits per heavy atom. The van der Waals surface area contributed by atoms with E-state index in [1.807, 2.05) is 35.1 Å². The molecule has 0 fully saturated rings. The van der Waals surface area contributed by atoms with Gasteiger partial charge in [0.25, 0.3) is 0 Å². The molecule has 1 heterocycles. The zero-order chi connectivity index (χ0) is 13.8. The minimum absolute atomic E-state index is 0.659. The lowest BCUT2D eigenvalue weighted by atomic mass is 10.2. The Morgan fingerprint density at radius 2 is 1.95 bits per heavy atom. The van der Waals surface area contributed by atoms with Crippen LogP contribution in [0.25, 0.3) is 5.69 Å². The molecule has 1 aromatic heterocycles. The lowest BCUT2D eigenvalue weighted by Crippen LogP contribution is -2.19. The highest BCUT2D eigenvalue weighted by molar-refractivity contribution is 6.30. The number of hydrogen-bond acceptors (Lipinski definition) is 2. The number of hydrogen-bond donors (Lipinski definition) is 1. The summed E-state index contributed by atoms with van der Waals surface area (Å²) in [7, 11) is 0. The maximum Gasteiger partial charge on any atom is 0.0649 e. The van der Waals surface area contributed by atoms with Crippen molar-refractivity contribution in [1.29, 1.82) is 0 Å². The summed E-state index contributed by atoms with van der Waals surface area (Å²) in [6.07, 6.45) is 1.93. The van der Waals surface area contributed by atoms with Gasteiger partial charge >= 0.3 is 0 Å². The van der Waals surface area contributed by atoms with E-state index < -0.39 is 0 Å². The fourth-order valence-corrected chi connectivity index (χ4v) is 2.08. The van der Waals surface area contributed by atoms with E-state index in [4.69, 9.17) is 11.6 Å². The highest BCUT2D eigenvalue weighted by Crippen LogP contribution is 2.16. The fourth-order valence-electron chi connectivity index (χ4n) is 1.96. The highest BCUT2D eigenvalue weighted by Gasteiger charge is 2.07. The smallest absolute Gasteiger partial charge is 0.0649 e. The van der Waals surface area contributed by atoms with Gasteiger partial charge in [-0.3, -0.25) is 0 Å². The molecular weight excluding hydrogens is 258 g/mol. The maximum atomic E-state index is 5.90. The van der Waals surface area contributed by atoms with Gasteiger partial charge in [-0.15, -0.1) is 0 Å². The third kappa shape index (κ3) is 3.58. The normalized spacial score (nSPS) is 11.2. The first-order valence-electron chi connectivity index (χ1n) is 6.58. The lowest BCUT2D eigenvalue weighted by molar-refractivity contribution is 0.551. The molecule has 0 aliphatic carbocycles. The molecule has 0 saturated carbocycles. The second-order valence-corrected chi connectivity index (χ2v) is 5.60. The molecule has 0 spiro atoms. The molecule has 2 aromatic rings. The molecule has 0 bridgehead atoms. The number of aromatic nitrogens is 2. The maximum absolute atomic E-state index is 5.90. The van der Waals surface area contributed by atoms with E-state index in [1.54, 1.807) is 0 Å². The lowest BCUT2D eigenvalue weighted by Gasteiger charge is -2.08. The molecule has 4 heteroatoms. The second-order valence-electron chi connectivity index (χ2n) is 5.17. The van der Waals surface area contributed by atoms with Gasteiger partial charge in [0.2, 0.25) is 0 Å². The van der Waals surface area contributed by atoms with Crippen LogP contribution in [-0.2, 0) is 6.54 Å². The summed E-state index contributed by atoms with van der Waals surface area (Å²) in [5.74, 6) is 0.659. The summed E-state index contributed by atoms with van der Waals surface area (Å²) in [6.45, 7) is 8.38. The van der Waals surface area contributed by atoms with E-state index in [9.17, 15) is 0 Å². The summed E-state index contributed by atoms with van der Waals surface area (Å²) in [5.41, 5.74) is 3.44. The van der Waals surface area contributed by atoms with Crippen LogP contribution in [0.5, 0.6) is 0 Å². The second kappa shape index (κ2) is 6.22. The first-order chi connectivity index (χ1) is 9.08. The van der Waals surface area contributed by atoms with Crippen molar-refractivity contribution in [3.05, 3.63) is 46.7 Å². The molecule has 0 amide bonds. The van der Waals surface area contributed by atoms with Gasteiger partial charge in [-0.05, 0) is 43.7 Å². The highest BCUT2D eigenvalue weighted by atomic mass is 35.5. The zero-order valence-electron chi connectivity index (χ0n) is 11.7. The molecule has 0 radical (unpaired) electrons. The van der Waals surface area contributed by atoms with E-state index in [1.165, 1.54) is 11.3 Å². The predicted octanol–water partition coefficient (Wildman–Crippen LogP) is 3.58. The van der Waals surface area contributed by atoms with Gasteiger partial charge in [-0.2, -0.15) is 5.10 Å². The van der Waals surface area contributed by atoms with Crippen molar-refractivity contribution in [2.75, 3.05) is 6.54 Å². The summed E-state index contributed by atoms with van der Waals surface area (Å²) in [5, 5.41) is 8.63. The first kappa shape index (κ1) is 14.1. The number of nitrogens with one attached hydrogen (secondary N) is 1. The summed E-state index contributed by atoms with van der Waals surface area (Å²) in [4.78, 5) is 0. The first-order valence-corrected chi connectivity index (χ1v) is 6.96. The number of benzene rings is 1. The molecule has 3 nitrogen and oxygen atoms in total.